The molecule has 2 N–H and O–H groups in total. The van der Waals surface area contributed by atoms with Crippen LogP contribution in [0.15, 0.2) is 42.5 Å². The zero-order chi connectivity index (χ0) is 31.5. The molecule has 1 fully saturated rings. The van der Waals surface area contributed by atoms with E-state index < -0.39 is 57.9 Å². The fourth-order valence-electron chi connectivity index (χ4n) is 6.62. The van der Waals surface area contributed by atoms with Gasteiger partial charge in [-0.3, -0.25) is 0 Å². The zero-order valence-corrected chi connectivity index (χ0v) is 24.5. The zero-order valence-electron chi connectivity index (χ0n) is 24.5. The number of benzene rings is 3. The number of phenols is 1. The Morgan fingerprint density at radius 2 is 1.36 bits per heavy atom. The van der Waals surface area contributed by atoms with E-state index in [1.165, 1.54) is 24.3 Å². The van der Waals surface area contributed by atoms with E-state index in [9.17, 15) is 32.2 Å². The topological polar surface area (TPSA) is 49.7 Å². The first-order valence-corrected chi connectivity index (χ1v) is 15.2. The Morgan fingerprint density at radius 1 is 0.727 bits per heavy atom. The summed E-state index contributed by atoms with van der Waals surface area (Å²) in [6.45, 7) is 1.63. The third-order valence-corrected chi connectivity index (χ3v) is 9.21. The van der Waals surface area contributed by atoms with Crippen molar-refractivity contribution in [2.75, 3.05) is 0 Å². The van der Waals surface area contributed by atoms with Gasteiger partial charge in [0.05, 0.1) is 18.8 Å². The maximum absolute atomic E-state index is 15.0. The molecule has 0 aliphatic heterocycles. The SMILES string of the molecule is CCCC(O)c1ccc(-c2ccc(COC3CCC(C4CC=C(c5ccc(O)c(F)c5F)CC4)CC3)c(F)c2F)c(F)c1F. The van der Waals surface area contributed by atoms with E-state index in [2.05, 4.69) is 0 Å². The number of allylic oxidation sites excluding steroid dienone is 2. The summed E-state index contributed by atoms with van der Waals surface area (Å²) in [5.41, 5.74) is -0.160. The van der Waals surface area contributed by atoms with Crippen LogP contribution in [0.2, 0.25) is 0 Å². The van der Waals surface area contributed by atoms with Crippen molar-refractivity contribution in [2.24, 2.45) is 11.8 Å². The molecule has 0 heterocycles. The smallest absolute Gasteiger partial charge is 0.200 e. The third-order valence-electron chi connectivity index (χ3n) is 9.21. The fraction of sp³-hybridized carbons (Fsp3) is 0.429. The lowest BCUT2D eigenvalue weighted by molar-refractivity contribution is -0.000996. The van der Waals surface area contributed by atoms with Gasteiger partial charge in [0.1, 0.15) is 0 Å². The Bertz CT molecular complexity index is 1530. The molecule has 3 aromatic rings. The van der Waals surface area contributed by atoms with Crippen LogP contribution in [0.3, 0.4) is 0 Å². The molecule has 5 rings (SSSR count). The summed E-state index contributed by atoms with van der Waals surface area (Å²) in [4.78, 5) is 0. The van der Waals surface area contributed by atoms with Crippen molar-refractivity contribution < 1.29 is 41.3 Å². The maximum atomic E-state index is 15.0. The first kappa shape index (κ1) is 32.1. The van der Waals surface area contributed by atoms with Gasteiger partial charge in [-0.1, -0.05) is 43.7 Å². The van der Waals surface area contributed by atoms with Crippen LogP contribution in [0.25, 0.3) is 16.7 Å². The van der Waals surface area contributed by atoms with Crippen LogP contribution in [0.4, 0.5) is 26.3 Å². The Hall–Kier alpha value is -3.30. The highest BCUT2D eigenvalue weighted by Gasteiger charge is 2.30. The molecule has 0 aromatic heterocycles. The highest BCUT2D eigenvalue weighted by atomic mass is 19.2. The molecule has 0 spiro atoms. The standard InChI is InChI=1S/C35H36F6O3/c1-2-3-28(42)27-15-14-26(33(39)34(27)40)25-13-10-22(30(36)32(25)38)18-44-23-11-8-20(9-12-23)19-4-6-21(7-5-19)24-16-17-29(43)35(41)31(24)37/h6,10,13-17,19-20,23,28,42-43H,2-5,7-9,11-12,18H2,1H3. The van der Waals surface area contributed by atoms with Gasteiger partial charge in [0.25, 0.3) is 0 Å². The van der Waals surface area contributed by atoms with E-state index in [0.29, 0.717) is 24.7 Å². The second-order valence-corrected chi connectivity index (χ2v) is 11.9. The lowest BCUT2D eigenvalue weighted by atomic mass is 9.73. The van der Waals surface area contributed by atoms with Crippen molar-refractivity contribution in [3.05, 3.63) is 94.1 Å². The molecular formula is C35H36F6O3. The Morgan fingerprint density at radius 3 is 2.02 bits per heavy atom. The number of aliphatic hydroxyl groups excluding tert-OH is 1. The molecule has 9 heteroatoms. The summed E-state index contributed by atoms with van der Waals surface area (Å²) in [6, 6.07) is 7.42. The third kappa shape index (κ3) is 6.54. The van der Waals surface area contributed by atoms with E-state index in [1.54, 1.807) is 6.92 Å². The fourth-order valence-corrected chi connectivity index (χ4v) is 6.62. The quantitative estimate of drug-likeness (QED) is 0.235. The Labute approximate surface area is 253 Å². The number of phenolic OH excluding ortho intramolecular Hbond substituents is 1. The first-order valence-electron chi connectivity index (χ1n) is 15.2. The molecule has 44 heavy (non-hydrogen) atoms. The molecule has 1 saturated carbocycles. The second-order valence-electron chi connectivity index (χ2n) is 11.9. The number of halogens is 6. The molecule has 0 amide bonds. The van der Waals surface area contributed by atoms with Gasteiger partial charge in [-0.25, -0.2) is 22.0 Å². The van der Waals surface area contributed by atoms with E-state index in [4.69, 9.17) is 4.74 Å². The maximum Gasteiger partial charge on any atom is 0.200 e. The summed E-state index contributed by atoms with van der Waals surface area (Å²) in [5, 5.41) is 19.4. The van der Waals surface area contributed by atoms with Gasteiger partial charge < -0.3 is 14.9 Å². The average Bonchev–Trinajstić information content (AvgIpc) is 3.03. The van der Waals surface area contributed by atoms with E-state index in [0.717, 1.165) is 56.2 Å². The average molecular weight is 619 g/mol. The Balaban J connectivity index is 1.16. The molecule has 236 valence electrons. The normalized spacial score (nSPS) is 21.3. The number of ether oxygens (including phenoxy) is 1. The highest BCUT2D eigenvalue weighted by Crippen LogP contribution is 2.42. The second kappa shape index (κ2) is 13.8. The van der Waals surface area contributed by atoms with Crippen molar-refractivity contribution in [3.63, 3.8) is 0 Å². The molecule has 3 aromatic carbocycles. The predicted molar refractivity (Wildman–Crippen MR) is 155 cm³/mol. The van der Waals surface area contributed by atoms with Crippen molar-refractivity contribution >= 4 is 5.57 Å². The van der Waals surface area contributed by atoms with Crippen LogP contribution < -0.4 is 0 Å². The molecule has 0 bridgehead atoms. The highest BCUT2D eigenvalue weighted by molar-refractivity contribution is 5.68. The van der Waals surface area contributed by atoms with Crippen LogP contribution in [0.5, 0.6) is 5.75 Å². The van der Waals surface area contributed by atoms with Gasteiger partial charge >= 0.3 is 0 Å². The molecule has 3 nitrogen and oxygen atoms in total. The summed E-state index contributed by atoms with van der Waals surface area (Å²) >= 11 is 0. The monoisotopic (exact) mass is 618 g/mol. The molecule has 0 saturated heterocycles. The predicted octanol–water partition coefficient (Wildman–Crippen LogP) is 9.69. The molecular weight excluding hydrogens is 582 g/mol. The lowest BCUT2D eigenvalue weighted by Gasteiger charge is -2.35. The van der Waals surface area contributed by atoms with Crippen molar-refractivity contribution in [1.29, 1.82) is 0 Å². The summed E-state index contributed by atoms with van der Waals surface area (Å²) < 4.78 is 93.5. The van der Waals surface area contributed by atoms with Crippen molar-refractivity contribution in [2.45, 2.75) is 83.5 Å². The summed E-state index contributed by atoms with van der Waals surface area (Å²) in [5.74, 6) is -7.24. The van der Waals surface area contributed by atoms with Crippen LogP contribution in [-0.2, 0) is 11.3 Å². The summed E-state index contributed by atoms with van der Waals surface area (Å²) in [7, 11) is 0. The Kier molecular flexibility index (Phi) is 10.1. The van der Waals surface area contributed by atoms with Gasteiger partial charge in [-0.15, -0.1) is 0 Å². The number of hydrogen-bond acceptors (Lipinski definition) is 3. The number of aliphatic hydroxyl groups is 1. The van der Waals surface area contributed by atoms with Crippen molar-refractivity contribution in [3.8, 4) is 16.9 Å². The van der Waals surface area contributed by atoms with Crippen LogP contribution in [0, 0.1) is 46.7 Å². The van der Waals surface area contributed by atoms with Crippen LogP contribution in [-0.4, -0.2) is 16.3 Å². The van der Waals surface area contributed by atoms with Gasteiger partial charge in [-0.05, 0) is 80.9 Å². The van der Waals surface area contributed by atoms with Crippen molar-refractivity contribution in [1.82, 2.24) is 0 Å². The largest absolute Gasteiger partial charge is 0.505 e. The molecule has 2 atom stereocenters. The van der Waals surface area contributed by atoms with Crippen LogP contribution >= 0.6 is 0 Å². The van der Waals surface area contributed by atoms with E-state index >= 15 is 4.39 Å². The molecule has 2 aliphatic rings. The number of rotatable bonds is 9. The van der Waals surface area contributed by atoms with E-state index in [-0.39, 0.29) is 35.8 Å². The number of aromatic hydroxyl groups is 1. The van der Waals surface area contributed by atoms with E-state index in [1.807, 2.05) is 6.08 Å². The minimum Gasteiger partial charge on any atom is -0.505 e. The van der Waals surface area contributed by atoms with Gasteiger partial charge in [-0.2, -0.15) is 4.39 Å². The minimum atomic E-state index is -1.34. The molecule has 0 radical (unpaired) electrons. The molecule has 2 unspecified atom stereocenters. The van der Waals surface area contributed by atoms with Gasteiger partial charge in [0.15, 0.2) is 34.8 Å². The first-order chi connectivity index (χ1) is 21.1. The van der Waals surface area contributed by atoms with Crippen LogP contribution in [0.1, 0.15) is 87.5 Å². The minimum absolute atomic E-state index is 0.0212. The number of hydrogen-bond donors (Lipinski definition) is 2. The lowest BCUT2D eigenvalue weighted by Crippen LogP contribution is -2.27. The van der Waals surface area contributed by atoms with Gasteiger partial charge in [0, 0.05) is 27.8 Å². The van der Waals surface area contributed by atoms with Gasteiger partial charge in [0.2, 0.25) is 5.82 Å². The summed E-state index contributed by atoms with van der Waals surface area (Å²) in [6.07, 6.45) is 6.91. The molecule has 2 aliphatic carbocycles.